The zero-order valence-electron chi connectivity index (χ0n) is 24.9. The number of carbonyl (C=O) groups is 2. The highest BCUT2D eigenvalue weighted by molar-refractivity contribution is 6.09. The first-order valence-electron chi connectivity index (χ1n) is 14.1. The Morgan fingerprint density at radius 2 is 1.72 bits per heavy atom. The summed E-state index contributed by atoms with van der Waals surface area (Å²) in [7, 11) is 4.34. The Hall–Kier alpha value is -4.93. The van der Waals surface area contributed by atoms with Gasteiger partial charge in [-0.05, 0) is 68.5 Å². The molecule has 0 saturated heterocycles. The molecular formula is C32H35N5O6. The number of ether oxygens (including phenoxy) is 4. The van der Waals surface area contributed by atoms with Crippen LogP contribution in [0.1, 0.15) is 71.7 Å². The Morgan fingerprint density at radius 3 is 2.37 bits per heavy atom. The first-order valence-corrected chi connectivity index (χ1v) is 14.1. The van der Waals surface area contributed by atoms with Crippen molar-refractivity contribution in [2.45, 2.75) is 51.6 Å². The predicted molar refractivity (Wildman–Crippen MR) is 162 cm³/mol. The number of anilines is 2. The molecule has 2 heterocycles. The normalized spacial score (nSPS) is 13.3. The van der Waals surface area contributed by atoms with Gasteiger partial charge in [-0.25, -0.2) is 9.78 Å². The molecule has 0 spiro atoms. The summed E-state index contributed by atoms with van der Waals surface area (Å²) in [4.78, 5) is 38.4. The van der Waals surface area contributed by atoms with Gasteiger partial charge in [-0.3, -0.25) is 9.78 Å². The van der Waals surface area contributed by atoms with Gasteiger partial charge in [-0.2, -0.15) is 4.98 Å². The van der Waals surface area contributed by atoms with E-state index in [-0.39, 0.29) is 17.7 Å². The van der Waals surface area contributed by atoms with Gasteiger partial charge in [0.1, 0.15) is 5.75 Å². The quantitative estimate of drug-likeness (QED) is 0.219. The van der Waals surface area contributed by atoms with Crippen LogP contribution in [0.3, 0.4) is 0 Å². The number of fused-ring (bicyclic) bond motifs is 1. The fraction of sp³-hybridized carbons (Fsp3) is 0.344. The number of primary amides is 1. The molecule has 43 heavy (non-hydrogen) atoms. The van der Waals surface area contributed by atoms with Crippen LogP contribution in [0.15, 0.2) is 42.7 Å². The van der Waals surface area contributed by atoms with E-state index in [0.29, 0.717) is 56.5 Å². The fourth-order valence-corrected chi connectivity index (χ4v) is 5.49. The molecular weight excluding hydrogens is 550 g/mol. The van der Waals surface area contributed by atoms with E-state index in [1.54, 1.807) is 18.3 Å². The van der Waals surface area contributed by atoms with Gasteiger partial charge < -0.3 is 30.0 Å². The van der Waals surface area contributed by atoms with Gasteiger partial charge in [-0.15, -0.1) is 0 Å². The molecule has 0 aliphatic heterocycles. The first kappa shape index (κ1) is 29.6. The number of carbonyl (C=O) groups excluding carboxylic acids is 2. The van der Waals surface area contributed by atoms with Gasteiger partial charge in [0.25, 0.3) is 5.91 Å². The topological polar surface area (TPSA) is 148 Å². The van der Waals surface area contributed by atoms with Crippen molar-refractivity contribution in [3.63, 3.8) is 0 Å². The van der Waals surface area contributed by atoms with Crippen molar-refractivity contribution < 1.29 is 28.5 Å². The molecule has 1 aliphatic rings. The van der Waals surface area contributed by atoms with Crippen LogP contribution in [0.5, 0.6) is 17.6 Å². The van der Waals surface area contributed by atoms with Crippen molar-refractivity contribution in [1.82, 2.24) is 15.0 Å². The highest BCUT2D eigenvalue weighted by Gasteiger charge is 2.23. The van der Waals surface area contributed by atoms with Crippen LogP contribution in [0.2, 0.25) is 0 Å². The number of pyridine rings is 1. The summed E-state index contributed by atoms with van der Waals surface area (Å²) in [6.07, 6.45) is 7.22. The summed E-state index contributed by atoms with van der Waals surface area (Å²) in [5, 5.41) is 3.98. The first-order chi connectivity index (χ1) is 20.7. The number of hydrogen-bond donors (Lipinski definition) is 2. The number of benzene rings is 2. The van der Waals surface area contributed by atoms with Crippen LogP contribution in [0.25, 0.3) is 22.0 Å². The Bertz CT molecular complexity index is 1680. The lowest BCUT2D eigenvalue weighted by molar-refractivity contribution is 0.0600. The summed E-state index contributed by atoms with van der Waals surface area (Å²) in [6, 6.07) is 9.40. The largest absolute Gasteiger partial charge is 0.490 e. The molecule has 0 atom stereocenters. The number of esters is 1. The summed E-state index contributed by atoms with van der Waals surface area (Å²) in [5.41, 5.74) is 10.3. The van der Waals surface area contributed by atoms with Gasteiger partial charge in [0.05, 0.1) is 55.3 Å². The lowest BCUT2D eigenvalue weighted by atomic mass is 9.95. The van der Waals surface area contributed by atoms with E-state index in [9.17, 15) is 9.59 Å². The van der Waals surface area contributed by atoms with Crippen LogP contribution < -0.4 is 25.3 Å². The molecule has 0 bridgehead atoms. The number of aromatic nitrogens is 3. The molecule has 11 heteroatoms. The predicted octanol–water partition coefficient (Wildman–Crippen LogP) is 5.78. The summed E-state index contributed by atoms with van der Waals surface area (Å²) >= 11 is 0. The average molecular weight is 586 g/mol. The van der Waals surface area contributed by atoms with Gasteiger partial charge in [0.15, 0.2) is 0 Å². The molecule has 2 aromatic carbocycles. The monoisotopic (exact) mass is 585 g/mol. The molecule has 0 unspecified atom stereocenters. The number of nitrogens with one attached hydrogen (secondary N) is 1. The van der Waals surface area contributed by atoms with Gasteiger partial charge in [-0.1, -0.05) is 12.8 Å². The lowest BCUT2D eigenvalue weighted by Crippen LogP contribution is -2.15. The van der Waals surface area contributed by atoms with Gasteiger partial charge in [0.2, 0.25) is 5.88 Å². The second-order valence-electron chi connectivity index (χ2n) is 10.7. The van der Waals surface area contributed by atoms with Gasteiger partial charge in [0, 0.05) is 29.0 Å². The third-order valence-corrected chi connectivity index (χ3v) is 7.47. The van der Waals surface area contributed by atoms with Crippen molar-refractivity contribution in [3.8, 4) is 28.8 Å². The zero-order valence-corrected chi connectivity index (χ0v) is 24.9. The van der Waals surface area contributed by atoms with Crippen LogP contribution in [-0.2, 0) is 4.74 Å². The molecule has 1 fully saturated rings. The Labute approximate surface area is 249 Å². The number of methoxy groups -OCH3 is 3. The number of amides is 1. The second-order valence-corrected chi connectivity index (χ2v) is 10.7. The Kier molecular flexibility index (Phi) is 8.61. The van der Waals surface area contributed by atoms with E-state index >= 15 is 0 Å². The SMILES string of the molecule is COC(=O)c1cc(Nc2c(C(N)=O)cnc3cc(-c4cnc(OC)nc4OC)c(OC(C)C)cc23)cc(C2CCCC2)c1. The third kappa shape index (κ3) is 6.15. The number of hydrogen-bond acceptors (Lipinski definition) is 10. The molecule has 5 rings (SSSR count). The van der Waals surface area contributed by atoms with Crippen molar-refractivity contribution in [1.29, 1.82) is 0 Å². The summed E-state index contributed by atoms with van der Waals surface area (Å²) in [6.45, 7) is 3.83. The number of rotatable bonds is 10. The molecule has 11 nitrogen and oxygen atoms in total. The molecule has 2 aromatic heterocycles. The van der Waals surface area contributed by atoms with E-state index in [1.165, 1.54) is 27.5 Å². The Balaban J connectivity index is 1.70. The minimum absolute atomic E-state index is 0.162. The third-order valence-electron chi connectivity index (χ3n) is 7.47. The molecule has 3 N–H and O–H groups in total. The summed E-state index contributed by atoms with van der Waals surface area (Å²) in [5.74, 6) is 0.0374. The minimum atomic E-state index is -0.655. The molecule has 224 valence electrons. The number of nitrogens with two attached hydrogens (primary N) is 1. The van der Waals surface area contributed by atoms with E-state index in [0.717, 1.165) is 31.2 Å². The summed E-state index contributed by atoms with van der Waals surface area (Å²) < 4.78 is 22.0. The van der Waals surface area contributed by atoms with E-state index < -0.39 is 11.9 Å². The highest BCUT2D eigenvalue weighted by atomic mass is 16.5. The smallest absolute Gasteiger partial charge is 0.337 e. The van der Waals surface area contributed by atoms with Crippen molar-refractivity contribution in [2.75, 3.05) is 26.6 Å². The van der Waals surface area contributed by atoms with Crippen molar-refractivity contribution >= 4 is 34.2 Å². The average Bonchev–Trinajstić information content (AvgIpc) is 3.55. The van der Waals surface area contributed by atoms with Crippen LogP contribution in [0.4, 0.5) is 11.4 Å². The molecule has 0 radical (unpaired) electrons. The van der Waals surface area contributed by atoms with Crippen molar-refractivity contribution in [3.05, 3.63) is 59.4 Å². The standard InChI is InChI=1S/C32H35N5O6/c1-17(2)43-27-14-23-26(13-22(27)24-15-35-32(42-5)37-30(24)40-3)34-16-25(29(33)38)28(23)36-21-11-19(18-8-6-7-9-18)10-20(12-21)31(39)41-4/h10-18H,6-9H2,1-5H3,(H2,33,38)(H,34,36). The molecule has 1 saturated carbocycles. The fourth-order valence-electron chi connectivity index (χ4n) is 5.49. The van der Waals surface area contributed by atoms with Gasteiger partial charge >= 0.3 is 12.0 Å². The lowest BCUT2D eigenvalue weighted by Gasteiger charge is -2.20. The van der Waals surface area contributed by atoms with Crippen LogP contribution in [0, 0.1) is 0 Å². The van der Waals surface area contributed by atoms with Crippen LogP contribution in [-0.4, -0.2) is 54.3 Å². The van der Waals surface area contributed by atoms with E-state index in [2.05, 4.69) is 20.3 Å². The minimum Gasteiger partial charge on any atom is -0.490 e. The van der Waals surface area contributed by atoms with E-state index in [4.69, 9.17) is 24.7 Å². The molecule has 4 aromatic rings. The second kappa shape index (κ2) is 12.5. The zero-order chi connectivity index (χ0) is 30.7. The number of nitrogens with zero attached hydrogens (tertiary/aromatic N) is 3. The molecule has 1 amide bonds. The molecule has 1 aliphatic carbocycles. The van der Waals surface area contributed by atoms with E-state index in [1.807, 2.05) is 32.0 Å². The Morgan fingerprint density at radius 1 is 0.953 bits per heavy atom. The maximum absolute atomic E-state index is 12.6. The maximum atomic E-state index is 12.6. The van der Waals surface area contributed by atoms with Crippen molar-refractivity contribution in [2.24, 2.45) is 5.73 Å². The highest BCUT2D eigenvalue weighted by Crippen LogP contribution is 2.42. The maximum Gasteiger partial charge on any atom is 0.337 e. The van der Waals surface area contributed by atoms with Crippen LogP contribution >= 0.6 is 0 Å².